The molecule has 0 saturated carbocycles. The third-order valence-electron chi connectivity index (χ3n) is 3.27. The zero-order valence-electron chi connectivity index (χ0n) is 13.0. The highest BCUT2D eigenvalue weighted by Gasteiger charge is 2.11. The summed E-state index contributed by atoms with van der Waals surface area (Å²) in [6.45, 7) is 1.90. The Labute approximate surface area is 139 Å². The van der Waals surface area contributed by atoms with Gasteiger partial charge in [0.25, 0.3) is 0 Å². The van der Waals surface area contributed by atoms with Gasteiger partial charge in [-0.2, -0.15) is 0 Å². The molecule has 23 heavy (non-hydrogen) atoms. The molecule has 1 heterocycles. The number of nitrogens with two attached hydrogens (primary N) is 1. The molecule has 2 aromatic rings. The largest absolute Gasteiger partial charge is 0.398 e. The Morgan fingerprint density at radius 1 is 1.35 bits per heavy atom. The quantitative estimate of drug-likeness (QED) is 0.510. The van der Waals surface area contributed by atoms with Crippen LogP contribution in [0.4, 0.5) is 16.3 Å². The van der Waals surface area contributed by atoms with E-state index in [4.69, 9.17) is 11.1 Å². The molecule has 0 radical (unpaired) electrons. The first-order chi connectivity index (χ1) is 11.0. The Morgan fingerprint density at radius 3 is 2.65 bits per heavy atom. The predicted octanol–water partition coefficient (Wildman–Crippen LogP) is 3.23. The van der Waals surface area contributed by atoms with E-state index in [0.717, 1.165) is 5.56 Å². The normalized spacial score (nSPS) is 11.6. The van der Waals surface area contributed by atoms with E-state index >= 15 is 0 Å². The Kier molecular flexibility index (Phi) is 5.59. The molecule has 0 fully saturated rings. The van der Waals surface area contributed by atoms with Crippen LogP contribution in [0.2, 0.25) is 0 Å². The molecule has 2 rings (SSSR count). The second-order valence-electron chi connectivity index (χ2n) is 4.92. The standard InChI is InChI=1S/C16H19N5OS/c1-10(11-6-4-3-5-7-11)20-16(22)21-14-8-13(17)12(9-19-14)15(18)23-2/h3-10,18H,1-2H3,(H4,17,19,20,21,22)/t10-/m1/s1. The molecule has 1 aromatic heterocycles. The summed E-state index contributed by atoms with van der Waals surface area (Å²) in [6, 6.07) is 10.7. The van der Waals surface area contributed by atoms with E-state index in [-0.39, 0.29) is 12.1 Å². The number of aromatic nitrogens is 1. The number of nitrogens with one attached hydrogen (secondary N) is 3. The van der Waals surface area contributed by atoms with Crippen LogP contribution in [0.3, 0.4) is 0 Å². The molecule has 120 valence electrons. The number of rotatable bonds is 4. The first-order valence-electron chi connectivity index (χ1n) is 7.02. The van der Waals surface area contributed by atoms with Crippen molar-refractivity contribution in [3.05, 3.63) is 53.7 Å². The first kappa shape index (κ1) is 16.8. The van der Waals surface area contributed by atoms with Gasteiger partial charge in [0.05, 0.1) is 11.1 Å². The number of hydrogen-bond acceptors (Lipinski definition) is 5. The Balaban J connectivity index is 2.00. The van der Waals surface area contributed by atoms with Gasteiger partial charge >= 0.3 is 6.03 Å². The van der Waals surface area contributed by atoms with Gasteiger partial charge in [0.15, 0.2) is 0 Å². The average Bonchev–Trinajstić information content (AvgIpc) is 2.55. The summed E-state index contributed by atoms with van der Waals surface area (Å²) in [5, 5.41) is 13.6. The molecule has 6 nitrogen and oxygen atoms in total. The molecule has 0 aliphatic heterocycles. The smallest absolute Gasteiger partial charge is 0.320 e. The zero-order chi connectivity index (χ0) is 16.8. The van der Waals surface area contributed by atoms with Crippen LogP contribution in [0.1, 0.15) is 24.1 Å². The van der Waals surface area contributed by atoms with E-state index in [1.165, 1.54) is 18.0 Å². The minimum atomic E-state index is -0.360. The third kappa shape index (κ3) is 4.46. The predicted molar refractivity (Wildman–Crippen MR) is 96.0 cm³/mol. The van der Waals surface area contributed by atoms with Gasteiger partial charge in [-0.05, 0) is 18.7 Å². The molecular formula is C16H19N5OS. The molecule has 7 heteroatoms. The van der Waals surface area contributed by atoms with E-state index in [1.807, 2.05) is 37.3 Å². The van der Waals surface area contributed by atoms with Crippen molar-refractivity contribution in [1.82, 2.24) is 10.3 Å². The fourth-order valence-electron chi connectivity index (χ4n) is 2.01. The molecule has 1 atom stereocenters. The van der Waals surface area contributed by atoms with Crippen LogP contribution in [0.15, 0.2) is 42.6 Å². The zero-order valence-corrected chi connectivity index (χ0v) is 13.8. The van der Waals surface area contributed by atoms with E-state index in [2.05, 4.69) is 15.6 Å². The van der Waals surface area contributed by atoms with Crippen molar-refractivity contribution >= 4 is 34.3 Å². The summed E-state index contributed by atoms with van der Waals surface area (Å²) in [6.07, 6.45) is 3.29. The van der Waals surface area contributed by atoms with Crippen molar-refractivity contribution in [3.8, 4) is 0 Å². The number of urea groups is 1. The van der Waals surface area contributed by atoms with E-state index < -0.39 is 0 Å². The fourth-order valence-corrected chi connectivity index (χ4v) is 2.40. The van der Waals surface area contributed by atoms with Crippen LogP contribution in [0.5, 0.6) is 0 Å². The molecular weight excluding hydrogens is 310 g/mol. The fraction of sp³-hybridized carbons (Fsp3) is 0.188. The number of thioether (sulfide) groups is 1. The molecule has 5 N–H and O–H groups in total. The summed E-state index contributed by atoms with van der Waals surface area (Å²) in [5.74, 6) is 0.345. The summed E-state index contributed by atoms with van der Waals surface area (Å²) in [7, 11) is 0. The Hall–Kier alpha value is -2.54. The second-order valence-corrected chi connectivity index (χ2v) is 5.74. The highest BCUT2D eigenvalue weighted by Crippen LogP contribution is 2.19. The van der Waals surface area contributed by atoms with Crippen molar-refractivity contribution < 1.29 is 4.79 Å². The highest BCUT2D eigenvalue weighted by molar-refractivity contribution is 8.13. The van der Waals surface area contributed by atoms with Crippen LogP contribution < -0.4 is 16.4 Å². The van der Waals surface area contributed by atoms with Gasteiger partial charge in [-0.3, -0.25) is 10.7 Å². The SMILES string of the molecule is CSC(=N)c1cnc(NC(=O)N[C@H](C)c2ccccc2)cc1N. The molecule has 0 bridgehead atoms. The molecule has 2 amide bonds. The van der Waals surface area contributed by atoms with Crippen molar-refractivity contribution in [2.24, 2.45) is 0 Å². The number of anilines is 2. The van der Waals surface area contributed by atoms with Gasteiger partial charge in [-0.15, -0.1) is 11.8 Å². The van der Waals surface area contributed by atoms with Crippen molar-refractivity contribution in [3.63, 3.8) is 0 Å². The van der Waals surface area contributed by atoms with Crippen molar-refractivity contribution in [2.75, 3.05) is 17.3 Å². The maximum Gasteiger partial charge on any atom is 0.320 e. The van der Waals surface area contributed by atoms with E-state index in [0.29, 0.717) is 22.1 Å². The Morgan fingerprint density at radius 2 is 2.04 bits per heavy atom. The second kappa shape index (κ2) is 7.64. The van der Waals surface area contributed by atoms with E-state index in [1.54, 1.807) is 12.3 Å². The summed E-state index contributed by atoms with van der Waals surface area (Å²) >= 11 is 1.28. The lowest BCUT2D eigenvalue weighted by atomic mass is 10.1. The summed E-state index contributed by atoms with van der Waals surface area (Å²) in [5.41, 5.74) is 7.88. The van der Waals surface area contributed by atoms with Gasteiger partial charge in [0, 0.05) is 23.5 Å². The van der Waals surface area contributed by atoms with Gasteiger partial charge in [-0.1, -0.05) is 30.3 Å². The summed E-state index contributed by atoms with van der Waals surface area (Å²) in [4.78, 5) is 16.2. The lowest BCUT2D eigenvalue weighted by molar-refractivity contribution is 0.249. The van der Waals surface area contributed by atoms with Gasteiger partial charge in [-0.25, -0.2) is 9.78 Å². The van der Waals surface area contributed by atoms with Crippen LogP contribution in [-0.2, 0) is 0 Å². The average molecular weight is 329 g/mol. The number of carbonyl (C=O) groups excluding carboxylic acids is 1. The molecule has 0 unspecified atom stereocenters. The topological polar surface area (TPSA) is 104 Å². The number of benzene rings is 1. The highest BCUT2D eigenvalue weighted by atomic mass is 32.2. The maximum atomic E-state index is 12.0. The van der Waals surface area contributed by atoms with Crippen LogP contribution in [0.25, 0.3) is 0 Å². The molecule has 0 saturated heterocycles. The molecule has 1 aromatic carbocycles. The first-order valence-corrected chi connectivity index (χ1v) is 8.24. The lowest BCUT2D eigenvalue weighted by Crippen LogP contribution is -2.31. The molecule has 0 spiro atoms. The van der Waals surface area contributed by atoms with E-state index in [9.17, 15) is 4.79 Å². The third-order valence-corrected chi connectivity index (χ3v) is 3.90. The number of nitrogen functional groups attached to an aromatic ring is 1. The van der Waals surface area contributed by atoms with Crippen molar-refractivity contribution in [2.45, 2.75) is 13.0 Å². The Bertz CT molecular complexity index is 705. The van der Waals surface area contributed by atoms with Crippen LogP contribution in [0, 0.1) is 5.41 Å². The number of carbonyl (C=O) groups is 1. The number of amides is 2. The minimum Gasteiger partial charge on any atom is -0.398 e. The number of nitrogens with zero attached hydrogens (tertiary/aromatic N) is 1. The summed E-state index contributed by atoms with van der Waals surface area (Å²) < 4.78 is 0. The van der Waals surface area contributed by atoms with Crippen LogP contribution in [-0.4, -0.2) is 22.3 Å². The monoisotopic (exact) mass is 329 g/mol. The van der Waals surface area contributed by atoms with Crippen molar-refractivity contribution in [1.29, 1.82) is 5.41 Å². The van der Waals surface area contributed by atoms with Crippen LogP contribution >= 0.6 is 11.8 Å². The maximum absolute atomic E-state index is 12.0. The number of hydrogen-bond donors (Lipinski definition) is 4. The van der Waals surface area contributed by atoms with Gasteiger partial charge in [0.1, 0.15) is 5.82 Å². The molecule has 0 aliphatic rings. The minimum absolute atomic E-state index is 0.127. The van der Waals surface area contributed by atoms with Gasteiger partial charge in [0.2, 0.25) is 0 Å². The lowest BCUT2D eigenvalue weighted by Gasteiger charge is -2.15. The molecule has 0 aliphatic carbocycles. The van der Waals surface area contributed by atoms with Gasteiger partial charge < -0.3 is 11.1 Å². The number of pyridine rings is 1.